The molecule has 4 aliphatic carbocycles. The lowest BCUT2D eigenvalue weighted by atomic mass is 9.43. The number of ether oxygens (including phenoxy) is 1. The Morgan fingerprint density at radius 1 is 0.933 bits per heavy atom. The summed E-state index contributed by atoms with van der Waals surface area (Å²) in [5.74, 6) is 1.76. The molecule has 0 heterocycles. The van der Waals surface area contributed by atoms with Crippen molar-refractivity contribution in [2.45, 2.75) is 71.1 Å². The molecule has 0 spiro atoms. The molecule has 4 saturated carbocycles. The summed E-state index contributed by atoms with van der Waals surface area (Å²) in [5.41, 5.74) is 3.37. The van der Waals surface area contributed by atoms with Crippen molar-refractivity contribution < 1.29 is 4.74 Å². The smallest absolute Gasteiger partial charge is 0.124 e. The molecule has 4 atom stereocenters. The quantitative estimate of drug-likeness (QED) is 0.501. The highest BCUT2D eigenvalue weighted by atomic mass is 35.5. The van der Waals surface area contributed by atoms with E-state index in [1.165, 1.54) is 38.5 Å². The Hall–Kier alpha value is -1.22. The van der Waals surface area contributed by atoms with Crippen LogP contribution in [-0.2, 0) is 13.2 Å². The third-order valence-electron chi connectivity index (χ3n) is 7.64. The van der Waals surface area contributed by atoms with E-state index in [0.717, 1.165) is 39.4 Å². The zero-order chi connectivity index (χ0) is 21.0. The number of benzene rings is 2. The van der Waals surface area contributed by atoms with Crippen LogP contribution in [0.15, 0.2) is 42.5 Å². The van der Waals surface area contributed by atoms with Gasteiger partial charge in [0.25, 0.3) is 0 Å². The largest absolute Gasteiger partial charge is 0.489 e. The summed E-state index contributed by atoms with van der Waals surface area (Å²) in [5, 5.41) is 5.49. The van der Waals surface area contributed by atoms with Gasteiger partial charge < -0.3 is 10.1 Å². The second kappa shape index (κ2) is 7.43. The maximum absolute atomic E-state index is 6.35. The Bertz CT molecular complexity index is 940. The lowest BCUT2D eigenvalue weighted by Crippen LogP contribution is -2.63. The Morgan fingerprint density at radius 2 is 1.67 bits per heavy atom. The summed E-state index contributed by atoms with van der Waals surface area (Å²) in [6.07, 6.45) is 8.12. The minimum atomic E-state index is 0.255. The fraction of sp³-hybridized carbons (Fsp3) is 0.538. The molecule has 0 radical (unpaired) electrons. The van der Waals surface area contributed by atoms with Gasteiger partial charge in [0.2, 0.25) is 0 Å². The van der Waals surface area contributed by atoms with Crippen molar-refractivity contribution in [2.24, 2.45) is 16.7 Å². The van der Waals surface area contributed by atoms with Gasteiger partial charge in [0.05, 0.1) is 0 Å². The first kappa shape index (κ1) is 20.7. The highest BCUT2D eigenvalue weighted by Crippen LogP contribution is 2.66. The summed E-state index contributed by atoms with van der Waals surface area (Å²) in [6, 6.07) is 13.8. The first-order valence-electron chi connectivity index (χ1n) is 11.2. The molecule has 0 saturated heterocycles. The van der Waals surface area contributed by atoms with Crippen molar-refractivity contribution >= 4 is 23.2 Å². The third-order valence-corrected chi connectivity index (χ3v) is 8.25. The molecule has 0 aromatic heterocycles. The molecule has 2 aromatic carbocycles. The van der Waals surface area contributed by atoms with Gasteiger partial charge in [-0.05, 0) is 79.5 Å². The van der Waals surface area contributed by atoms with E-state index in [0.29, 0.717) is 17.4 Å². The van der Waals surface area contributed by atoms with Crippen LogP contribution in [-0.4, -0.2) is 5.54 Å². The first-order chi connectivity index (χ1) is 14.3. The average Bonchev–Trinajstić information content (AvgIpc) is 2.64. The summed E-state index contributed by atoms with van der Waals surface area (Å²) in [6.45, 7) is 6.28. The van der Waals surface area contributed by atoms with E-state index in [9.17, 15) is 0 Å². The summed E-state index contributed by atoms with van der Waals surface area (Å²) < 4.78 is 6.19. The van der Waals surface area contributed by atoms with Crippen LogP contribution in [0.5, 0.6) is 5.75 Å². The normalized spacial score (nSPS) is 34.3. The van der Waals surface area contributed by atoms with Gasteiger partial charge in [-0.15, -0.1) is 0 Å². The fourth-order valence-electron chi connectivity index (χ4n) is 7.53. The molecular weight excluding hydrogens is 413 g/mol. The number of hydrogen-bond donors (Lipinski definition) is 1. The highest BCUT2D eigenvalue weighted by Gasteiger charge is 2.59. The standard InChI is InChI=1S/C26H31Cl2NO/c1-24-10-18-11-25(2,15-24)17-26(12-18,16-24)29-13-20-9-21(27)7-8-23(20)30-14-19-5-3-4-6-22(19)28/h3-9,18,29H,10-17H2,1-2H3/t18?,24-,25+,26?. The third kappa shape index (κ3) is 3.99. The molecule has 160 valence electrons. The van der Waals surface area contributed by atoms with E-state index in [1.807, 2.05) is 42.5 Å². The van der Waals surface area contributed by atoms with Crippen molar-refractivity contribution in [3.63, 3.8) is 0 Å². The van der Waals surface area contributed by atoms with E-state index in [1.54, 1.807) is 0 Å². The van der Waals surface area contributed by atoms with Gasteiger partial charge in [-0.1, -0.05) is 55.2 Å². The predicted molar refractivity (Wildman–Crippen MR) is 124 cm³/mol. The zero-order valence-corrected chi connectivity index (χ0v) is 19.5. The lowest BCUT2D eigenvalue weighted by molar-refractivity contribution is -0.118. The van der Waals surface area contributed by atoms with Crippen LogP contribution >= 0.6 is 23.2 Å². The maximum atomic E-state index is 6.35. The van der Waals surface area contributed by atoms with E-state index < -0.39 is 0 Å². The van der Waals surface area contributed by atoms with Crippen LogP contribution in [0.25, 0.3) is 0 Å². The number of rotatable bonds is 6. The highest BCUT2D eigenvalue weighted by molar-refractivity contribution is 6.31. The second-order valence-corrected chi connectivity index (χ2v) is 11.7. The topological polar surface area (TPSA) is 21.3 Å². The number of nitrogens with one attached hydrogen (secondary N) is 1. The molecule has 2 nitrogen and oxygen atoms in total. The van der Waals surface area contributed by atoms with Crippen LogP contribution in [0.1, 0.15) is 63.5 Å². The summed E-state index contributed by atoms with van der Waals surface area (Å²) in [4.78, 5) is 0. The Kier molecular flexibility index (Phi) is 5.12. The second-order valence-electron chi connectivity index (χ2n) is 10.9. The minimum Gasteiger partial charge on any atom is -0.489 e. The Morgan fingerprint density at radius 3 is 2.37 bits per heavy atom. The average molecular weight is 444 g/mol. The molecule has 0 amide bonds. The SMILES string of the molecule is C[C@]12CC3CC(NCc4cc(Cl)ccc4OCc4ccccc4Cl)(C1)C[C@@](C)(C3)C2. The molecule has 2 unspecified atom stereocenters. The Balaban J connectivity index is 1.33. The van der Waals surface area contributed by atoms with E-state index in [2.05, 4.69) is 19.2 Å². The van der Waals surface area contributed by atoms with Crippen LogP contribution in [0.3, 0.4) is 0 Å². The van der Waals surface area contributed by atoms with Crippen LogP contribution in [0.4, 0.5) is 0 Å². The van der Waals surface area contributed by atoms with E-state index in [-0.39, 0.29) is 5.54 Å². The molecule has 1 N–H and O–H groups in total. The van der Waals surface area contributed by atoms with E-state index in [4.69, 9.17) is 27.9 Å². The maximum Gasteiger partial charge on any atom is 0.124 e. The lowest BCUT2D eigenvalue weighted by Gasteiger charge is -2.65. The molecule has 2 aromatic rings. The van der Waals surface area contributed by atoms with Crippen molar-refractivity contribution in [1.82, 2.24) is 5.32 Å². The van der Waals surface area contributed by atoms with Gasteiger partial charge in [0, 0.05) is 33.3 Å². The van der Waals surface area contributed by atoms with Gasteiger partial charge in [-0.25, -0.2) is 0 Å². The van der Waals surface area contributed by atoms with E-state index >= 15 is 0 Å². The van der Waals surface area contributed by atoms with Crippen molar-refractivity contribution in [1.29, 1.82) is 0 Å². The van der Waals surface area contributed by atoms with Gasteiger partial charge in [0.15, 0.2) is 0 Å². The fourth-order valence-corrected chi connectivity index (χ4v) is 7.91. The molecular formula is C26H31Cl2NO. The van der Waals surface area contributed by atoms with Crippen LogP contribution < -0.4 is 10.1 Å². The molecule has 30 heavy (non-hydrogen) atoms. The van der Waals surface area contributed by atoms with Gasteiger partial charge in [0.1, 0.15) is 12.4 Å². The summed E-state index contributed by atoms with van der Waals surface area (Å²) >= 11 is 12.7. The summed E-state index contributed by atoms with van der Waals surface area (Å²) in [7, 11) is 0. The molecule has 4 aliphatic rings. The monoisotopic (exact) mass is 443 g/mol. The van der Waals surface area contributed by atoms with Crippen molar-refractivity contribution in [3.8, 4) is 5.75 Å². The van der Waals surface area contributed by atoms with Crippen molar-refractivity contribution in [3.05, 3.63) is 63.6 Å². The van der Waals surface area contributed by atoms with Crippen LogP contribution in [0, 0.1) is 16.7 Å². The molecule has 4 bridgehead atoms. The number of halogens is 2. The van der Waals surface area contributed by atoms with Crippen LogP contribution in [0.2, 0.25) is 10.0 Å². The number of hydrogen-bond acceptors (Lipinski definition) is 2. The first-order valence-corrected chi connectivity index (χ1v) is 11.9. The van der Waals surface area contributed by atoms with Crippen molar-refractivity contribution in [2.75, 3.05) is 0 Å². The minimum absolute atomic E-state index is 0.255. The molecule has 0 aliphatic heterocycles. The predicted octanol–water partition coefficient (Wildman–Crippen LogP) is 7.41. The molecule has 4 heteroatoms. The zero-order valence-electron chi connectivity index (χ0n) is 17.9. The Labute approximate surface area is 190 Å². The van der Waals surface area contributed by atoms with Gasteiger partial charge >= 0.3 is 0 Å². The molecule has 4 fully saturated rings. The van der Waals surface area contributed by atoms with Gasteiger partial charge in [-0.3, -0.25) is 0 Å². The molecule has 6 rings (SSSR count). The van der Waals surface area contributed by atoms with Gasteiger partial charge in [-0.2, -0.15) is 0 Å².